The highest BCUT2D eigenvalue weighted by Crippen LogP contribution is 2.34. The van der Waals surface area contributed by atoms with Gasteiger partial charge in [0.15, 0.2) is 29.4 Å². The summed E-state index contributed by atoms with van der Waals surface area (Å²) in [6.45, 7) is -0.734. The summed E-state index contributed by atoms with van der Waals surface area (Å²) in [7, 11) is 1.64. The highest BCUT2D eigenvalue weighted by atomic mass is 35.5. The van der Waals surface area contributed by atoms with Gasteiger partial charge >= 0.3 is 0 Å². The lowest BCUT2D eigenvalue weighted by molar-refractivity contribution is -0.0593. The molecule has 1 aliphatic rings. The van der Waals surface area contributed by atoms with Crippen molar-refractivity contribution in [2.45, 2.75) is 24.6 Å². The SMILES string of the molecule is CNc1nc(Cl)nc2c1ncn2[C@@H]1O[C@H](C[O])[C@@H](O)[C@@H]1F. The number of aromatic nitrogens is 4. The van der Waals surface area contributed by atoms with Crippen LogP contribution < -0.4 is 5.32 Å². The maximum Gasteiger partial charge on any atom is 0.226 e. The van der Waals surface area contributed by atoms with Gasteiger partial charge < -0.3 is 15.2 Å². The van der Waals surface area contributed by atoms with Crippen LogP contribution in [0.2, 0.25) is 5.28 Å². The van der Waals surface area contributed by atoms with E-state index in [4.69, 9.17) is 16.3 Å². The van der Waals surface area contributed by atoms with Crippen molar-refractivity contribution < 1.29 is 19.3 Å². The second kappa shape index (κ2) is 5.34. The molecule has 3 rings (SSSR count). The molecular weight excluding hydrogens is 305 g/mol. The number of imidazole rings is 1. The molecule has 0 aromatic carbocycles. The molecule has 0 spiro atoms. The molecule has 0 aliphatic carbocycles. The third-order valence-electron chi connectivity index (χ3n) is 3.36. The van der Waals surface area contributed by atoms with E-state index in [2.05, 4.69) is 20.3 Å². The molecule has 2 N–H and O–H groups in total. The molecule has 113 valence electrons. The molecule has 1 saturated heterocycles. The van der Waals surface area contributed by atoms with Crippen molar-refractivity contribution >= 4 is 28.6 Å². The maximum absolute atomic E-state index is 14.1. The molecule has 8 nitrogen and oxygen atoms in total. The minimum atomic E-state index is -1.76. The highest BCUT2D eigenvalue weighted by molar-refractivity contribution is 6.28. The van der Waals surface area contributed by atoms with Crippen molar-refractivity contribution in [3.63, 3.8) is 0 Å². The van der Waals surface area contributed by atoms with E-state index in [9.17, 15) is 14.6 Å². The lowest BCUT2D eigenvalue weighted by Crippen LogP contribution is -2.30. The van der Waals surface area contributed by atoms with Gasteiger partial charge in [-0.25, -0.2) is 14.5 Å². The third-order valence-corrected chi connectivity index (χ3v) is 3.53. The average molecular weight is 317 g/mol. The van der Waals surface area contributed by atoms with Gasteiger partial charge in [0.1, 0.15) is 18.8 Å². The smallest absolute Gasteiger partial charge is 0.226 e. The van der Waals surface area contributed by atoms with Crippen molar-refractivity contribution in [2.24, 2.45) is 0 Å². The highest BCUT2D eigenvalue weighted by Gasteiger charge is 2.45. The van der Waals surface area contributed by atoms with Gasteiger partial charge in [0, 0.05) is 7.05 Å². The second-order valence-electron chi connectivity index (χ2n) is 4.58. The molecule has 0 unspecified atom stereocenters. The number of halogens is 2. The van der Waals surface area contributed by atoms with Crippen molar-refractivity contribution in [3.8, 4) is 0 Å². The van der Waals surface area contributed by atoms with E-state index in [1.165, 1.54) is 10.9 Å². The van der Waals surface area contributed by atoms with Crippen LogP contribution in [0.5, 0.6) is 0 Å². The van der Waals surface area contributed by atoms with Gasteiger partial charge in [-0.1, -0.05) is 0 Å². The summed E-state index contributed by atoms with van der Waals surface area (Å²) in [4.78, 5) is 12.1. The van der Waals surface area contributed by atoms with Crippen LogP contribution in [-0.4, -0.2) is 56.7 Å². The molecule has 3 heterocycles. The Hall–Kier alpha value is -1.55. The summed E-state index contributed by atoms with van der Waals surface area (Å²) in [5.41, 5.74) is 0.642. The van der Waals surface area contributed by atoms with E-state index >= 15 is 0 Å². The molecule has 1 fully saturated rings. The fraction of sp³-hybridized carbons (Fsp3) is 0.545. The first-order chi connectivity index (χ1) is 10.1. The maximum atomic E-state index is 14.1. The zero-order valence-electron chi connectivity index (χ0n) is 10.9. The minimum absolute atomic E-state index is 0.0390. The number of nitrogens with one attached hydrogen (secondary N) is 1. The van der Waals surface area contributed by atoms with Crippen LogP contribution in [0.3, 0.4) is 0 Å². The van der Waals surface area contributed by atoms with E-state index < -0.39 is 31.2 Å². The molecule has 1 radical (unpaired) electrons. The van der Waals surface area contributed by atoms with E-state index in [0.717, 1.165) is 0 Å². The zero-order chi connectivity index (χ0) is 15.1. The Morgan fingerprint density at radius 2 is 2.33 bits per heavy atom. The van der Waals surface area contributed by atoms with Crippen LogP contribution in [-0.2, 0) is 9.84 Å². The number of fused-ring (bicyclic) bond motifs is 1. The third kappa shape index (κ3) is 2.22. The number of anilines is 1. The lowest BCUT2D eigenvalue weighted by atomic mass is 10.1. The second-order valence-corrected chi connectivity index (χ2v) is 4.92. The van der Waals surface area contributed by atoms with E-state index in [1.54, 1.807) is 7.05 Å². The Labute approximate surface area is 123 Å². The predicted molar refractivity (Wildman–Crippen MR) is 70.2 cm³/mol. The number of rotatable bonds is 3. The number of aliphatic hydroxyl groups excluding tert-OH is 1. The van der Waals surface area contributed by atoms with Crippen molar-refractivity contribution in [2.75, 3.05) is 19.0 Å². The molecule has 0 amide bonds. The summed E-state index contributed by atoms with van der Waals surface area (Å²) in [6, 6.07) is 0. The molecule has 0 bridgehead atoms. The summed E-state index contributed by atoms with van der Waals surface area (Å²) < 4.78 is 20.7. The first-order valence-corrected chi connectivity index (χ1v) is 6.58. The van der Waals surface area contributed by atoms with Crippen LogP contribution in [0.25, 0.3) is 11.2 Å². The number of alkyl halides is 1. The van der Waals surface area contributed by atoms with Crippen molar-refractivity contribution in [1.29, 1.82) is 0 Å². The average Bonchev–Trinajstić information content (AvgIpc) is 3.01. The number of hydrogen-bond donors (Lipinski definition) is 2. The Morgan fingerprint density at radius 1 is 1.57 bits per heavy atom. The van der Waals surface area contributed by atoms with Gasteiger partial charge in [0.05, 0.1) is 6.33 Å². The molecule has 2 aromatic rings. The minimum Gasteiger partial charge on any atom is -0.387 e. The van der Waals surface area contributed by atoms with Crippen LogP contribution in [0.1, 0.15) is 6.23 Å². The summed E-state index contributed by atoms with van der Waals surface area (Å²) >= 11 is 5.82. The van der Waals surface area contributed by atoms with Crippen LogP contribution in [0, 0.1) is 0 Å². The number of hydrogen-bond acceptors (Lipinski definition) is 6. The van der Waals surface area contributed by atoms with E-state index in [0.29, 0.717) is 11.3 Å². The van der Waals surface area contributed by atoms with Crippen LogP contribution >= 0.6 is 11.6 Å². The standard InChI is InChI=1S/C11H12ClFN5O3/c1-14-8-6-9(17-11(12)16-8)18(3-15-6)10-5(13)7(20)4(2-19)21-10/h3-5,7,10,20H,2H2,1H3,(H,14,16,17)/t4-,5+,7-,10-/m1/s1. The lowest BCUT2D eigenvalue weighted by Gasteiger charge is -2.15. The quantitative estimate of drug-likeness (QED) is 0.801. The first-order valence-electron chi connectivity index (χ1n) is 6.20. The van der Waals surface area contributed by atoms with Gasteiger partial charge in [-0.3, -0.25) is 4.57 Å². The molecule has 0 saturated carbocycles. The van der Waals surface area contributed by atoms with E-state index in [1.807, 2.05) is 0 Å². The van der Waals surface area contributed by atoms with Crippen molar-refractivity contribution in [1.82, 2.24) is 19.5 Å². The molecule has 10 heteroatoms. The van der Waals surface area contributed by atoms with Crippen LogP contribution in [0.4, 0.5) is 10.2 Å². The van der Waals surface area contributed by atoms with Crippen LogP contribution in [0.15, 0.2) is 6.33 Å². The fourth-order valence-electron chi connectivity index (χ4n) is 2.32. The normalized spacial score (nSPS) is 29.2. The Morgan fingerprint density at radius 3 is 2.95 bits per heavy atom. The first kappa shape index (κ1) is 14.4. The Bertz CT molecular complexity index is 669. The monoisotopic (exact) mass is 316 g/mol. The molecule has 4 atom stereocenters. The summed E-state index contributed by atoms with van der Waals surface area (Å²) in [5, 5.41) is 23.3. The Kier molecular flexibility index (Phi) is 3.66. The van der Waals surface area contributed by atoms with Gasteiger partial charge in [-0.2, -0.15) is 9.97 Å². The fourth-order valence-corrected chi connectivity index (χ4v) is 2.48. The van der Waals surface area contributed by atoms with Crippen molar-refractivity contribution in [3.05, 3.63) is 11.6 Å². The zero-order valence-corrected chi connectivity index (χ0v) is 11.7. The molecule has 1 aliphatic heterocycles. The number of ether oxygens (including phenoxy) is 1. The summed E-state index contributed by atoms with van der Waals surface area (Å²) in [5.74, 6) is 0.387. The van der Waals surface area contributed by atoms with Gasteiger partial charge in [0.25, 0.3) is 0 Å². The van der Waals surface area contributed by atoms with Gasteiger partial charge in [-0.05, 0) is 11.6 Å². The van der Waals surface area contributed by atoms with Gasteiger partial charge in [0.2, 0.25) is 5.28 Å². The Balaban J connectivity index is 2.07. The predicted octanol–water partition coefficient (Wildman–Crippen LogP) is 0.548. The number of aliphatic hydroxyl groups is 1. The molecule has 21 heavy (non-hydrogen) atoms. The largest absolute Gasteiger partial charge is 0.387 e. The van der Waals surface area contributed by atoms with E-state index in [-0.39, 0.29) is 10.9 Å². The summed E-state index contributed by atoms with van der Waals surface area (Å²) in [6.07, 6.45) is -4.21. The molecule has 2 aromatic heterocycles. The topological polar surface area (TPSA) is 105 Å². The van der Waals surface area contributed by atoms with Gasteiger partial charge in [-0.15, -0.1) is 0 Å². The number of nitrogens with zero attached hydrogens (tertiary/aromatic N) is 4. The molecular formula is C11H12ClFN5O3.